The minimum atomic E-state index is -1.08. The highest BCUT2D eigenvalue weighted by Crippen LogP contribution is 2.23. The van der Waals surface area contributed by atoms with E-state index in [0.717, 1.165) is 11.3 Å². The van der Waals surface area contributed by atoms with Crippen molar-refractivity contribution in [1.29, 1.82) is 0 Å². The van der Waals surface area contributed by atoms with Crippen LogP contribution in [0.5, 0.6) is 0 Å². The molecule has 106 valence electrons. The molecule has 2 aromatic heterocycles. The Kier molecular flexibility index (Phi) is 3.85. The predicted molar refractivity (Wildman–Crippen MR) is 78.4 cm³/mol. The zero-order chi connectivity index (χ0) is 15.0. The SMILES string of the molecule is CCc1cc2c(=O)n(C(C(C)=O)C(C)=O)c(C)nc2s1. The van der Waals surface area contributed by atoms with E-state index in [9.17, 15) is 14.4 Å². The first-order valence-electron chi connectivity index (χ1n) is 6.39. The summed E-state index contributed by atoms with van der Waals surface area (Å²) in [5.74, 6) is -0.313. The first-order chi connectivity index (χ1) is 9.36. The fourth-order valence-electron chi connectivity index (χ4n) is 2.27. The minimum Gasteiger partial charge on any atom is -0.297 e. The summed E-state index contributed by atoms with van der Waals surface area (Å²) in [6, 6.07) is 0.715. The van der Waals surface area contributed by atoms with Crippen LogP contribution in [0, 0.1) is 6.92 Å². The lowest BCUT2D eigenvalue weighted by Gasteiger charge is -2.16. The van der Waals surface area contributed by atoms with E-state index in [4.69, 9.17) is 0 Å². The van der Waals surface area contributed by atoms with E-state index in [1.54, 1.807) is 13.0 Å². The number of Topliss-reactive ketones (excluding diaryl/α,β-unsaturated/α-hetero) is 2. The van der Waals surface area contributed by atoms with Gasteiger partial charge in [0.1, 0.15) is 10.7 Å². The number of aromatic nitrogens is 2. The van der Waals surface area contributed by atoms with E-state index in [0.29, 0.717) is 16.0 Å². The summed E-state index contributed by atoms with van der Waals surface area (Å²) in [6.07, 6.45) is 0.822. The van der Waals surface area contributed by atoms with Gasteiger partial charge in [0.15, 0.2) is 17.6 Å². The van der Waals surface area contributed by atoms with Crippen molar-refractivity contribution < 1.29 is 9.59 Å². The lowest BCUT2D eigenvalue weighted by atomic mass is 10.1. The third-order valence-electron chi connectivity index (χ3n) is 3.20. The molecule has 0 unspecified atom stereocenters. The molecule has 0 aliphatic heterocycles. The molecule has 0 radical (unpaired) electrons. The van der Waals surface area contributed by atoms with E-state index in [1.165, 1.54) is 29.8 Å². The molecule has 0 saturated heterocycles. The van der Waals surface area contributed by atoms with Crippen LogP contribution in [0.25, 0.3) is 10.2 Å². The molecule has 2 heterocycles. The van der Waals surface area contributed by atoms with Gasteiger partial charge in [-0.1, -0.05) is 6.92 Å². The van der Waals surface area contributed by atoms with Crippen LogP contribution in [0.15, 0.2) is 10.9 Å². The van der Waals surface area contributed by atoms with Crippen LogP contribution < -0.4 is 5.56 Å². The predicted octanol–water partition coefficient (Wildman–Crippen LogP) is 2.05. The molecule has 0 N–H and O–H groups in total. The Hall–Kier alpha value is -1.82. The van der Waals surface area contributed by atoms with Crippen LogP contribution in [0.2, 0.25) is 0 Å². The van der Waals surface area contributed by atoms with E-state index in [-0.39, 0.29) is 17.1 Å². The summed E-state index contributed by atoms with van der Waals surface area (Å²) in [5.41, 5.74) is -0.321. The highest BCUT2D eigenvalue weighted by molar-refractivity contribution is 7.18. The van der Waals surface area contributed by atoms with Crippen LogP contribution in [0.4, 0.5) is 0 Å². The monoisotopic (exact) mass is 292 g/mol. The number of hydrogen-bond donors (Lipinski definition) is 0. The van der Waals surface area contributed by atoms with Gasteiger partial charge in [0.25, 0.3) is 5.56 Å². The van der Waals surface area contributed by atoms with Crippen LogP contribution in [0.1, 0.15) is 37.5 Å². The van der Waals surface area contributed by atoms with Gasteiger partial charge in [-0.15, -0.1) is 11.3 Å². The van der Waals surface area contributed by atoms with Gasteiger partial charge < -0.3 is 0 Å². The Bertz CT molecular complexity index is 744. The molecule has 2 aromatic rings. The molecule has 0 fully saturated rings. The zero-order valence-electron chi connectivity index (χ0n) is 11.9. The topological polar surface area (TPSA) is 69.0 Å². The summed E-state index contributed by atoms with van der Waals surface area (Å²) in [4.78, 5) is 42.0. The molecule has 0 bridgehead atoms. The van der Waals surface area contributed by atoms with Crippen molar-refractivity contribution in [3.63, 3.8) is 0 Å². The number of thiophene rings is 1. The molecule has 0 aliphatic carbocycles. The third kappa shape index (κ3) is 2.31. The molecule has 5 nitrogen and oxygen atoms in total. The van der Waals surface area contributed by atoms with Crippen LogP contribution in [-0.4, -0.2) is 21.1 Å². The van der Waals surface area contributed by atoms with Crippen LogP contribution in [-0.2, 0) is 16.0 Å². The largest absolute Gasteiger partial charge is 0.297 e. The Morgan fingerprint density at radius 3 is 2.45 bits per heavy atom. The van der Waals surface area contributed by atoms with Crippen molar-refractivity contribution in [1.82, 2.24) is 9.55 Å². The Morgan fingerprint density at radius 1 is 1.35 bits per heavy atom. The quantitative estimate of drug-likeness (QED) is 0.809. The standard InChI is InChI=1S/C14H16N2O3S/c1-5-10-6-11-13(20-10)15-9(4)16(14(11)19)12(7(2)17)8(3)18/h6,12H,5H2,1-4H3. The van der Waals surface area contributed by atoms with Crippen LogP contribution in [0.3, 0.4) is 0 Å². The fraction of sp³-hybridized carbons (Fsp3) is 0.429. The number of carbonyl (C=O) groups is 2. The Balaban J connectivity index is 2.79. The third-order valence-corrected chi connectivity index (χ3v) is 4.37. The van der Waals surface area contributed by atoms with Gasteiger partial charge in [0.05, 0.1) is 5.39 Å². The van der Waals surface area contributed by atoms with Crippen molar-refractivity contribution in [2.45, 2.75) is 40.2 Å². The lowest BCUT2D eigenvalue weighted by Crippen LogP contribution is -2.35. The van der Waals surface area contributed by atoms with E-state index < -0.39 is 6.04 Å². The molecule has 20 heavy (non-hydrogen) atoms. The first kappa shape index (κ1) is 14.6. The fourth-order valence-corrected chi connectivity index (χ4v) is 3.28. The summed E-state index contributed by atoms with van der Waals surface area (Å²) < 4.78 is 1.21. The first-order valence-corrected chi connectivity index (χ1v) is 7.21. The van der Waals surface area contributed by atoms with Gasteiger partial charge in [0.2, 0.25) is 0 Å². The molecule has 0 aliphatic rings. The second kappa shape index (κ2) is 5.28. The number of rotatable bonds is 4. The average Bonchev–Trinajstić information content (AvgIpc) is 2.76. The van der Waals surface area contributed by atoms with E-state index in [1.807, 2.05) is 6.92 Å². The Morgan fingerprint density at radius 2 is 1.95 bits per heavy atom. The molecular formula is C14H16N2O3S. The molecule has 0 spiro atoms. The molecule has 6 heteroatoms. The normalized spacial score (nSPS) is 11.2. The van der Waals surface area contributed by atoms with Gasteiger partial charge in [-0.3, -0.25) is 19.0 Å². The number of ketones is 2. The zero-order valence-corrected chi connectivity index (χ0v) is 12.7. The smallest absolute Gasteiger partial charge is 0.263 e. The van der Waals surface area contributed by atoms with Crippen molar-refractivity contribution in [2.24, 2.45) is 0 Å². The maximum atomic E-state index is 12.6. The van der Waals surface area contributed by atoms with Gasteiger partial charge in [-0.2, -0.15) is 0 Å². The molecule has 0 saturated carbocycles. The number of aryl methyl sites for hydroxylation is 2. The van der Waals surface area contributed by atoms with Crippen LogP contribution >= 0.6 is 11.3 Å². The summed E-state index contributed by atoms with van der Waals surface area (Å²) in [5, 5.41) is 0.477. The molecule has 0 aromatic carbocycles. The molecular weight excluding hydrogens is 276 g/mol. The lowest BCUT2D eigenvalue weighted by molar-refractivity contribution is -0.129. The van der Waals surface area contributed by atoms with Gasteiger partial charge in [-0.05, 0) is 33.3 Å². The maximum Gasteiger partial charge on any atom is 0.263 e. The summed E-state index contributed by atoms with van der Waals surface area (Å²) >= 11 is 1.47. The number of hydrogen-bond acceptors (Lipinski definition) is 5. The highest BCUT2D eigenvalue weighted by atomic mass is 32.1. The van der Waals surface area contributed by atoms with Crippen molar-refractivity contribution >= 4 is 33.1 Å². The number of carbonyl (C=O) groups excluding carboxylic acids is 2. The Labute approximate surface area is 120 Å². The van der Waals surface area contributed by atoms with Gasteiger partial charge in [0, 0.05) is 4.88 Å². The maximum absolute atomic E-state index is 12.6. The molecule has 0 amide bonds. The number of nitrogens with zero attached hydrogens (tertiary/aromatic N) is 2. The highest BCUT2D eigenvalue weighted by Gasteiger charge is 2.26. The van der Waals surface area contributed by atoms with E-state index >= 15 is 0 Å². The average molecular weight is 292 g/mol. The molecule has 2 rings (SSSR count). The van der Waals surface area contributed by atoms with Gasteiger partial charge in [-0.25, -0.2) is 4.98 Å². The summed E-state index contributed by atoms with van der Waals surface area (Å²) in [6.45, 7) is 6.27. The van der Waals surface area contributed by atoms with Crippen molar-refractivity contribution in [2.75, 3.05) is 0 Å². The summed E-state index contributed by atoms with van der Waals surface area (Å²) in [7, 11) is 0. The molecule has 0 atom stereocenters. The number of fused-ring (bicyclic) bond motifs is 1. The second-order valence-electron chi connectivity index (χ2n) is 4.74. The second-order valence-corrected chi connectivity index (χ2v) is 5.86. The van der Waals surface area contributed by atoms with Crippen molar-refractivity contribution in [3.8, 4) is 0 Å². The minimum absolute atomic E-state index is 0.321. The van der Waals surface area contributed by atoms with E-state index in [2.05, 4.69) is 4.98 Å². The van der Waals surface area contributed by atoms with Gasteiger partial charge >= 0.3 is 0 Å². The van der Waals surface area contributed by atoms with Crippen molar-refractivity contribution in [3.05, 3.63) is 27.1 Å².